The quantitative estimate of drug-likeness (QED) is 0.455. The maximum Gasteiger partial charge on any atom is 0.331 e. The number of benzene rings is 2. The van der Waals surface area contributed by atoms with E-state index in [-0.39, 0.29) is 6.54 Å². The highest BCUT2D eigenvalue weighted by Gasteiger charge is 2.16. The lowest BCUT2D eigenvalue weighted by molar-refractivity contribution is -0.133. The molecule has 0 fully saturated rings. The van der Waals surface area contributed by atoms with Crippen molar-refractivity contribution in [2.24, 2.45) is 0 Å². The Balaban J connectivity index is 1.56. The summed E-state index contributed by atoms with van der Waals surface area (Å²) in [7, 11) is 0. The van der Waals surface area contributed by atoms with Crippen molar-refractivity contribution in [3.63, 3.8) is 0 Å². The average molecular weight is 466 g/mol. The fraction of sp³-hybridized carbons (Fsp3) is 0.250. The van der Waals surface area contributed by atoms with Crippen molar-refractivity contribution in [3.8, 4) is 11.5 Å². The number of hydrazine groups is 1. The highest BCUT2D eigenvalue weighted by atomic mass is 16.5. The second-order valence-corrected chi connectivity index (χ2v) is 7.34. The first-order valence-corrected chi connectivity index (χ1v) is 10.7. The molecule has 2 amide bonds. The van der Waals surface area contributed by atoms with Gasteiger partial charge in [0.05, 0.1) is 13.2 Å². The minimum absolute atomic E-state index is 0.249. The van der Waals surface area contributed by atoms with Crippen molar-refractivity contribution >= 4 is 11.8 Å². The minimum Gasteiger partial charge on any atom is -0.494 e. The molecule has 178 valence electrons. The van der Waals surface area contributed by atoms with E-state index in [1.807, 2.05) is 37.3 Å². The van der Waals surface area contributed by atoms with Gasteiger partial charge in [-0.15, -0.1) is 0 Å². The Labute approximate surface area is 195 Å². The first-order chi connectivity index (χ1) is 16.4. The lowest BCUT2D eigenvalue weighted by Gasteiger charge is -2.16. The number of hydrogen-bond acceptors (Lipinski definition) is 6. The molecular weight excluding hydrogens is 440 g/mol. The van der Waals surface area contributed by atoms with E-state index in [1.54, 1.807) is 24.3 Å². The number of amides is 2. The van der Waals surface area contributed by atoms with E-state index in [9.17, 15) is 19.2 Å². The van der Waals surface area contributed by atoms with Crippen LogP contribution in [0.1, 0.15) is 19.4 Å². The Hall–Kier alpha value is -4.34. The summed E-state index contributed by atoms with van der Waals surface area (Å²) in [5.74, 6) is -0.215. The van der Waals surface area contributed by atoms with Crippen LogP contribution in [0.25, 0.3) is 0 Å². The van der Waals surface area contributed by atoms with Crippen LogP contribution in [-0.4, -0.2) is 33.7 Å². The van der Waals surface area contributed by atoms with Gasteiger partial charge in [0, 0.05) is 12.3 Å². The van der Waals surface area contributed by atoms with E-state index in [0.717, 1.165) is 10.1 Å². The highest BCUT2D eigenvalue weighted by molar-refractivity contribution is 5.84. The molecular formula is C24H26N4O6. The fourth-order valence-corrected chi connectivity index (χ4v) is 3.06. The van der Waals surface area contributed by atoms with E-state index in [2.05, 4.69) is 10.9 Å². The number of carbonyl (C=O) groups is 2. The van der Waals surface area contributed by atoms with Crippen LogP contribution in [0.4, 0.5) is 0 Å². The molecule has 1 heterocycles. The van der Waals surface area contributed by atoms with Crippen LogP contribution in [0.5, 0.6) is 11.5 Å². The van der Waals surface area contributed by atoms with E-state index in [4.69, 9.17) is 9.47 Å². The van der Waals surface area contributed by atoms with Gasteiger partial charge in [0.15, 0.2) is 6.10 Å². The first kappa shape index (κ1) is 24.3. The topological polar surface area (TPSA) is 121 Å². The number of hydrogen-bond donors (Lipinski definition) is 2. The average Bonchev–Trinajstić information content (AvgIpc) is 2.84. The second kappa shape index (κ2) is 11.5. The zero-order valence-corrected chi connectivity index (χ0v) is 18.9. The minimum atomic E-state index is -0.916. The molecule has 0 radical (unpaired) electrons. The summed E-state index contributed by atoms with van der Waals surface area (Å²) < 4.78 is 13.0. The van der Waals surface area contributed by atoms with E-state index >= 15 is 0 Å². The monoisotopic (exact) mass is 466 g/mol. The number of nitrogens with zero attached hydrogens (tertiary/aromatic N) is 2. The molecule has 0 aliphatic rings. The van der Waals surface area contributed by atoms with Crippen LogP contribution >= 0.6 is 0 Å². The molecule has 10 nitrogen and oxygen atoms in total. The number of rotatable bonds is 9. The van der Waals surface area contributed by atoms with E-state index < -0.39 is 35.7 Å². The standard InChI is InChI=1S/C24H26N4O6/c1-3-33-19-9-11-20(12-10-19)34-17(2)23(31)26-25-21(29)16-28-22(30)13-14-27(24(28)32)15-18-7-5-4-6-8-18/h4-14,17H,3,15-16H2,1-2H3,(H,25,29)(H,26,31). The van der Waals surface area contributed by atoms with Crippen molar-refractivity contribution in [2.45, 2.75) is 33.0 Å². The summed E-state index contributed by atoms with van der Waals surface area (Å²) in [5.41, 5.74) is 4.05. The van der Waals surface area contributed by atoms with Gasteiger partial charge in [-0.1, -0.05) is 30.3 Å². The second-order valence-electron chi connectivity index (χ2n) is 7.34. The smallest absolute Gasteiger partial charge is 0.331 e. The molecule has 0 aliphatic heterocycles. The maximum absolute atomic E-state index is 12.7. The molecule has 1 aromatic heterocycles. The van der Waals surface area contributed by atoms with Gasteiger partial charge < -0.3 is 9.47 Å². The summed E-state index contributed by atoms with van der Waals surface area (Å²) in [6, 6.07) is 17.2. The van der Waals surface area contributed by atoms with Gasteiger partial charge in [-0.05, 0) is 43.7 Å². The van der Waals surface area contributed by atoms with Gasteiger partial charge in [0.25, 0.3) is 17.4 Å². The molecule has 3 aromatic rings. The third-order valence-electron chi connectivity index (χ3n) is 4.78. The Morgan fingerprint density at radius 3 is 2.29 bits per heavy atom. The van der Waals surface area contributed by atoms with Crippen molar-refractivity contribution in [3.05, 3.63) is 93.3 Å². The summed E-state index contributed by atoms with van der Waals surface area (Å²) in [4.78, 5) is 49.4. The molecule has 0 spiro atoms. The molecule has 3 rings (SSSR count). The molecule has 0 saturated carbocycles. The fourth-order valence-electron chi connectivity index (χ4n) is 3.06. The predicted molar refractivity (Wildman–Crippen MR) is 124 cm³/mol. The Morgan fingerprint density at radius 2 is 1.62 bits per heavy atom. The lowest BCUT2D eigenvalue weighted by atomic mass is 10.2. The molecule has 0 bridgehead atoms. The van der Waals surface area contributed by atoms with Crippen LogP contribution in [0.2, 0.25) is 0 Å². The van der Waals surface area contributed by atoms with Crippen molar-refractivity contribution in [1.29, 1.82) is 0 Å². The van der Waals surface area contributed by atoms with Gasteiger partial charge in [-0.2, -0.15) is 0 Å². The molecule has 0 aliphatic carbocycles. The van der Waals surface area contributed by atoms with Gasteiger partial charge in [0.2, 0.25) is 0 Å². The van der Waals surface area contributed by atoms with Crippen molar-refractivity contribution in [2.75, 3.05) is 6.61 Å². The molecule has 2 N–H and O–H groups in total. The van der Waals surface area contributed by atoms with Crippen LogP contribution in [-0.2, 0) is 22.7 Å². The van der Waals surface area contributed by atoms with Gasteiger partial charge in [-0.3, -0.25) is 34.4 Å². The van der Waals surface area contributed by atoms with E-state index in [1.165, 1.54) is 23.8 Å². The summed E-state index contributed by atoms with van der Waals surface area (Å²) >= 11 is 0. The summed E-state index contributed by atoms with van der Waals surface area (Å²) in [6.07, 6.45) is 0.467. The molecule has 10 heteroatoms. The third kappa shape index (κ3) is 6.58. The summed E-state index contributed by atoms with van der Waals surface area (Å²) in [5, 5.41) is 0. The van der Waals surface area contributed by atoms with Crippen LogP contribution < -0.4 is 31.6 Å². The Bertz CT molecular complexity index is 1230. The zero-order valence-electron chi connectivity index (χ0n) is 18.9. The van der Waals surface area contributed by atoms with Crippen molar-refractivity contribution < 1.29 is 19.1 Å². The highest BCUT2D eigenvalue weighted by Crippen LogP contribution is 2.18. The van der Waals surface area contributed by atoms with Gasteiger partial charge in [0.1, 0.15) is 18.0 Å². The lowest BCUT2D eigenvalue weighted by Crippen LogP contribution is -2.50. The first-order valence-electron chi connectivity index (χ1n) is 10.7. The van der Waals surface area contributed by atoms with Crippen molar-refractivity contribution in [1.82, 2.24) is 20.0 Å². The largest absolute Gasteiger partial charge is 0.494 e. The SMILES string of the molecule is CCOc1ccc(OC(C)C(=O)NNC(=O)Cn2c(=O)ccn(Cc3ccccc3)c2=O)cc1. The maximum atomic E-state index is 12.7. The molecule has 1 unspecified atom stereocenters. The Kier molecular flexibility index (Phi) is 8.22. The van der Waals surface area contributed by atoms with Crippen LogP contribution in [0, 0.1) is 0 Å². The van der Waals surface area contributed by atoms with Crippen LogP contribution in [0.15, 0.2) is 76.4 Å². The Morgan fingerprint density at radius 1 is 0.941 bits per heavy atom. The molecule has 0 saturated heterocycles. The number of carbonyl (C=O) groups excluding carboxylic acids is 2. The molecule has 34 heavy (non-hydrogen) atoms. The number of aromatic nitrogens is 2. The summed E-state index contributed by atoms with van der Waals surface area (Å²) in [6.45, 7) is 3.62. The van der Waals surface area contributed by atoms with E-state index in [0.29, 0.717) is 18.1 Å². The normalized spacial score (nSPS) is 11.4. The van der Waals surface area contributed by atoms with Gasteiger partial charge >= 0.3 is 5.69 Å². The van der Waals surface area contributed by atoms with Crippen LogP contribution in [0.3, 0.4) is 0 Å². The number of ether oxygens (including phenoxy) is 2. The third-order valence-corrected chi connectivity index (χ3v) is 4.78. The molecule has 2 aromatic carbocycles. The predicted octanol–water partition coefficient (Wildman–Crippen LogP) is 1.07. The zero-order chi connectivity index (χ0) is 24.5. The van der Waals surface area contributed by atoms with Gasteiger partial charge in [-0.25, -0.2) is 4.79 Å². The molecule has 1 atom stereocenters. The number of nitrogens with one attached hydrogen (secondary N) is 2.